The molecule has 1 heterocycles. The number of hydrogen-bond acceptors (Lipinski definition) is 5. The molecule has 0 saturated heterocycles. The summed E-state index contributed by atoms with van der Waals surface area (Å²) in [5.74, 6) is -0.668. The molecule has 178 valence electrons. The average Bonchev–Trinajstić information content (AvgIpc) is 3.08. The van der Waals surface area contributed by atoms with Crippen molar-refractivity contribution in [2.24, 2.45) is 0 Å². The van der Waals surface area contributed by atoms with Crippen LogP contribution < -0.4 is 5.32 Å². The van der Waals surface area contributed by atoms with Crippen LogP contribution in [0.2, 0.25) is 0 Å². The van der Waals surface area contributed by atoms with Gasteiger partial charge in [-0.25, -0.2) is 4.79 Å². The zero-order valence-electron chi connectivity index (χ0n) is 20.5. The highest BCUT2D eigenvalue weighted by molar-refractivity contribution is 7.18. The lowest BCUT2D eigenvalue weighted by atomic mass is 10.0. The molecule has 0 aliphatic rings. The van der Waals surface area contributed by atoms with Gasteiger partial charge in [-0.05, 0) is 63.3 Å². The second-order valence-electron chi connectivity index (χ2n) is 8.34. The van der Waals surface area contributed by atoms with Crippen LogP contribution in [0.4, 0.5) is 5.00 Å². The molecule has 1 aromatic carbocycles. The van der Waals surface area contributed by atoms with Crippen molar-refractivity contribution in [3.8, 4) is 0 Å². The van der Waals surface area contributed by atoms with Crippen LogP contribution in [0, 0.1) is 6.92 Å². The third-order valence-corrected chi connectivity index (χ3v) is 6.40. The monoisotopic (exact) mass is 470 g/mol. The summed E-state index contributed by atoms with van der Waals surface area (Å²) in [7, 11) is 0. The summed E-state index contributed by atoms with van der Waals surface area (Å²) in [6.45, 7) is 14.4. The maximum atomic E-state index is 13.0. The number of thiophene rings is 1. The lowest BCUT2D eigenvalue weighted by Gasteiger charge is -2.18. The Hall–Kier alpha value is -2.93. The minimum Gasteiger partial charge on any atom is -0.459 e. The van der Waals surface area contributed by atoms with E-state index in [4.69, 9.17) is 4.74 Å². The number of anilines is 1. The first-order valence-electron chi connectivity index (χ1n) is 11.3. The fraction of sp³-hybridized carbons (Fsp3) is 0.423. The minimum atomic E-state index is -0.555. The van der Waals surface area contributed by atoms with Crippen LogP contribution in [0.3, 0.4) is 0 Å². The third-order valence-electron chi connectivity index (χ3n) is 5.21. The first-order chi connectivity index (χ1) is 15.6. The number of rotatable bonds is 9. The first kappa shape index (κ1) is 26.3. The van der Waals surface area contributed by atoms with E-state index in [1.165, 1.54) is 11.6 Å². The van der Waals surface area contributed by atoms with Gasteiger partial charge in [-0.15, -0.1) is 11.3 Å². The average molecular weight is 471 g/mol. The zero-order valence-corrected chi connectivity index (χ0v) is 21.3. The van der Waals surface area contributed by atoms with Crippen LogP contribution in [0.25, 0.3) is 6.08 Å². The number of carbonyl (C=O) groups excluding carboxylic acids is 3. The van der Waals surface area contributed by atoms with Gasteiger partial charge in [-0.3, -0.25) is 9.59 Å². The summed E-state index contributed by atoms with van der Waals surface area (Å²) < 4.78 is 5.38. The quantitative estimate of drug-likeness (QED) is 0.367. The summed E-state index contributed by atoms with van der Waals surface area (Å²) in [6.07, 6.45) is 2.81. The largest absolute Gasteiger partial charge is 0.459 e. The summed E-state index contributed by atoms with van der Waals surface area (Å²) in [5.41, 5.74) is 2.87. The minimum absolute atomic E-state index is 0.164. The van der Waals surface area contributed by atoms with Gasteiger partial charge in [0.2, 0.25) is 5.91 Å². The maximum absolute atomic E-state index is 13.0. The highest BCUT2D eigenvalue weighted by Gasteiger charge is 2.28. The third kappa shape index (κ3) is 6.78. The summed E-state index contributed by atoms with van der Waals surface area (Å²) in [5, 5.41) is 3.09. The van der Waals surface area contributed by atoms with Gasteiger partial charge in [0.1, 0.15) is 5.00 Å². The SMILES string of the molecule is CCN(CC)C(=O)c1sc(NC(=O)/C=C\c2ccc(C(C)C)cc2)c(C(=O)OC(C)C)c1C. The van der Waals surface area contributed by atoms with E-state index in [0.29, 0.717) is 34.4 Å². The van der Waals surface area contributed by atoms with E-state index in [9.17, 15) is 14.4 Å². The standard InChI is InChI=1S/C26H34N2O4S/c1-8-28(9-2)25(30)23-18(7)22(26(31)32-17(5)6)24(33-23)27-21(29)15-12-19-10-13-20(14-11-19)16(3)4/h10-17H,8-9H2,1-7H3,(H,27,29)/b15-12-. The summed E-state index contributed by atoms with van der Waals surface area (Å²) >= 11 is 1.11. The Kier molecular flexibility index (Phi) is 9.41. The number of amides is 2. The molecule has 0 aliphatic heterocycles. The van der Waals surface area contributed by atoms with E-state index in [1.807, 2.05) is 38.1 Å². The molecule has 2 rings (SSSR count). The number of ether oxygens (including phenoxy) is 1. The Labute approximate surface area is 200 Å². The number of nitrogens with one attached hydrogen (secondary N) is 1. The van der Waals surface area contributed by atoms with Crippen molar-refractivity contribution >= 4 is 40.2 Å². The highest BCUT2D eigenvalue weighted by Crippen LogP contribution is 2.35. The molecule has 0 aliphatic carbocycles. The van der Waals surface area contributed by atoms with Crippen molar-refractivity contribution in [1.82, 2.24) is 4.90 Å². The molecule has 7 heteroatoms. The molecule has 2 amide bonds. The molecule has 0 atom stereocenters. The number of hydrogen-bond donors (Lipinski definition) is 1. The number of benzene rings is 1. The second kappa shape index (κ2) is 11.8. The van der Waals surface area contributed by atoms with Crippen molar-refractivity contribution in [1.29, 1.82) is 0 Å². The van der Waals surface area contributed by atoms with Gasteiger partial charge >= 0.3 is 5.97 Å². The van der Waals surface area contributed by atoms with E-state index < -0.39 is 5.97 Å². The summed E-state index contributed by atoms with van der Waals surface area (Å²) in [6, 6.07) is 7.99. The molecule has 2 aromatic rings. The summed E-state index contributed by atoms with van der Waals surface area (Å²) in [4.78, 5) is 40.5. The van der Waals surface area contributed by atoms with Crippen LogP contribution in [0.15, 0.2) is 30.3 Å². The van der Waals surface area contributed by atoms with Crippen molar-refractivity contribution in [2.75, 3.05) is 18.4 Å². The molecule has 0 bridgehead atoms. The zero-order chi connectivity index (χ0) is 24.7. The Morgan fingerprint density at radius 1 is 1.06 bits per heavy atom. The molecule has 1 N–H and O–H groups in total. The normalized spacial score (nSPS) is 11.3. The molecule has 33 heavy (non-hydrogen) atoms. The van der Waals surface area contributed by atoms with E-state index in [0.717, 1.165) is 16.9 Å². The fourth-order valence-corrected chi connectivity index (χ4v) is 4.46. The lowest BCUT2D eigenvalue weighted by molar-refractivity contribution is -0.111. The topological polar surface area (TPSA) is 75.7 Å². The van der Waals surface area contributed by atoms with Crippen molar-refractivity contribution in [3.63, 3.8) is 0 Å². The van der Waals surface area contributed by atoms with Crippen LogP contribution in [0.5, 0.6) is 0 Å². The lowest BCUT2D eigenvalue weighted by Crippen LogP contribution is -2.30. The maximum Gasteiger partial charge on any atom is 0.341 e. The number of nitrogens with zero attached hydrogens (tertiary/aromatic N) is 1. The molecular weight excluding hydrogens is 436 g/mol. The Morgan fingerprint density at radius 3 is 2.18 bits per heavy atom. The van der Waals surface area contributed by atoms with E-state index in [1.54, 1.807) is 31.7 Å². The van der Waals surface area contributed by atoms with Gasteiger partial charge in [0, 0.05) is 19.2 Å². The van der Waals surface area contributed by atoms with Gasteiger partial charge in [-0.2, -0.15) is 0 Å². The molecule has 0 spiro atoms. The van der Waals surface area contributed by atoms with Crippen molar-refractivity contribution in [3.05, 3.63) is 57.5 Å². The second-order valence-corrected chi connectivity index (χ2v) is 9.36. The fourth-order valence-electron chi connectivity index (χ4n) is 3.30. The Morgan fingerprint density at radius 2 is 1.67 bits per heavy atom. The predicted molar refractivity (Wildman–Crippen MR) is 135 cm³/mol. The first-order valence-corrected chi connectivity index (χ1v) is 12.1. The Bertz CT molecular complexity index is 1020. The molecule has 6 nitrogen and oxygen atoms in total. The van der Waals surface area contributed by atoms with Gasteiger partial charge in [0.25, 0.3) is 5.91 Å². The van der Waals surface area contributed by atoms with Gasteiger partial charge < -0.3 is 15.0 Å². The molecular formula is C26H34N2O4S. The van der Waals surface area contributed by atoms with E-state index in [2.05, 4.69) is 19.2 Å². The predicted octanol–water partition coefficient (Wildman–Crippen LogP) is 5.88. The van der Waals surface area contributed by atoms with Gasteiger partial charge in [-0.1, -0.05) is 38.1 Å². The van der Waals surface area contributed by atoms with Crippen LogP contribution in [-0.2, 0) is 9.53 Å². The van der Waals surface area contributed by atoms with Crippen LogP contribution in [0.1, 0.15) is 84.2 Å². The van der Waals surface area contributed by atoms with E-state index >= 15 is 0 Å². The molecule has 0 unspecified atom stereocenters. The number of carbonyl (C=O) groups is 3. The van der Waals surface area contributed by atoms with Crippen molar-refractivity contribution < 1.29 is 19.1 Å². The molecule has 0 radical (unpaired) electrons. The smallest absolute Gasteiger partial charge is 0.341 e. The van der Waals surface area contributed by atoms with E-state index in [-0.39, 0.29) is 23.5 Å². The van der Waals surface area contributed by atoms with Crippen LogP contribution >= 0.6 is 11.3 Å². The highest BCUT2D eigenvalue weighted by atomic mass is 32.1. The molecule has 0 saturated carbocycles. The van der Waals surface area contributed by atoms with Gasteiger partial charge in [0.15, 0.2) is 0 Å². The van der Waals surface area contributed by atoms with Crippen molar-refractivity contribution in [2.45, 2.75) is 60.5 Å². The Balaban J connectivity index is 2.32. The molecule has 0 fully saturated rings. The van der Waals surface area contributed by atoms with Crippen LogP contribution in [-0.4, -0.2) is 41.9 Å². The van der Waals surface area contributed by atoms with Gasteiger partial charge in [0.05, 0.1) is 16.5 Å². The molecule has 1 aromatic heterocycles. The number of esters is 1.